The zero-order valence-electron chi connectivity index (χ0n) is 10.6. The molecule has 0 radical (unpaired) electrons. The van der Waals surface area contributed by atoms with Crippen LogP contribution in [0.2, 0.25) is 0 Å². The Hall–Kier alpha value is -2.10. The Morgan fingerprint density at radius 3 is 2.72 bits per heavy atom. The Kier molecular flexibility index (Phi) is 3.19. The summed E-state index contributed by atoms with van der Waals surface area (Å²) in [5, 5.41) is 0.877. The first-order chi connectivity index (χ1) is 8.49. The summed E-state index contributed by atoms with van der Waals surface area (Å²) in [7, 11) is 0. The second-order valence-electron chi connectivity index (χ2n) is 4.30. The third kappa shape index (κ3) is 2.27. The van der Waals surface area contributed by atoms with Crippen LogP contribution in [-0.4, -0.2) is 12.4 Å². The average molecular weight is 246 g/mol. The number of fused-ring (bicyclic) bond motifs is 1. The van der Waals surface area contributed by atoms with Crippen LogP contribution >= 0.6 is 0 Å². The lowest BCUT2D eigenvalue weighted by atomic mass is 10.1. The van der Waals surface area contributed by atoms with Gasteiger partial charge in [0.1, 0.15) is 17.9 Å². The number of rotatable bonds is 3. The molecule has 4 nitrogen and oxygen atoms in total. The molecule has 1 heterocycles. The largest absolute Gasteiger partial charge is 0.485 e. The van der Waals surface area contributed by atoms with E-state index in [2.05, 4.69) is 0 Å². The topological polar surface area (TPSA) is 56.5 Å². The Labute approximate surface area is 104 Å². The van der Waals surface area contributed by atoms with Gasteiger partial charge >= 0.3 is 5.63 Å². The fourth-order valence-electron chi connectivity index (χ4n) is 1.84. The predicted octanol–water partition coefficient (Wildman–Crippen LogP) is 2.38. The average Bonchev–Trinajstić information content (AvgIpc) is 2.29. The first kappa shape index (κ1) is 12.4. The normalized spacial score (nSPS) is 10.6. The summed E-state index contributed by atoms with van der Waals surface area (Å²) in [5.41, 5.74) is 1.73. The van der Waals surface area contributed by atoms with Gasteiger partial charge in [-0.1, -0.05) is 0 Å². The van der Waals surface area contributed by atoms with Crippen molar-refractivity contribution >= 4 is 16.8 Å². The Bertz CT molecular complexity index is 667. The number of hydrogen-bond acceptors (Lipinski definition) is 4. The monoisotopic (exact) mass is 246 g/mol. The van der Waals surface area contributed by atoms with E-state index in [0.29, 0.717) is 11.3 Å². The molecule has 0 bridgehead atoms. The van der Waals surface area contributed by atoms with E-state index < -0.39 is 0 Å². The number of ketones is 1. The third-order valence-corrected chi connectivity index (χ3v) is 2.75. The van der Waals surface area contributed by atoms with Crippen molar-refractivity contribution in [1.82, 2.24) is 0 Å². The van der Waals surface area contributed by atoms with Gasteiger partial charge in [0.15, 0.2) is 5.78 Å². The van der Waals surface area contributed by atoms with Crippen molar-refractivity contribution in [2.45, 2.75) is 20.8 Å². The molecule has 18 heavy (non-hydrogen) atoms. The van der Waals surface area contributed by atoms with Gasteiger partial charge in [-0.05, 0) is 38.5 Å². The lowest BCUT2D eigenvalue weighted by molar-refractivity contribution is -0.118. The first-order valence-electron chi connectivity index (χ1n) is 5.65. The van der Waals surface area contributed by atoms with Crippen LogP contribution < -0.4 is 10.4 Å². The van der Waals surface area contributed by atoms with Crippen LogP contribution in [0.25, 0.3) is 11.0 Å². The van der Waals surface area contributed by atoms with Gasteiger partial charge in [-0.15, -0.1) is 0 Å². The molecule has 1 aromatic carbocycles. The maximum absolute atomic E-state index is 11.4. The van der Waals surface area contributed by atoms with Gasteiger partial charge in [0, 0.05) is 17.0 Å². The van der Waals surface area contributed by atoms with Crippen LogP contribution in [0.3, 0.4) is 0 Å². The van der Waals surface area contributed by atoms with Crippen molar-refractivity contribution in [1.29, 1.82) is 0 Å². The fourth-order valence-corrected chi connectivity index (χ4v) is 1.84. The minimum absolute atomic E-state index is 0.0163. The van der Waals surface area contributed by atoms with E-state index in [0.717, 1.165) is 16.5 Å². The van der Waals surface area contributed by atoms with Gasteiger partial charge in [-0.2, -0.15) is 0 Å². The number of ether oxygens (including phenoxy) is 1. The van der Waals surface area contributed by atoms with Crippen molar-refractivity contribution < 1.29 is 13.9 Å². The zero-order chi connectivity index (χ0) is 13.3. The molecule has 0 amide bonds. The number of Topliss-reactive ketones (excluding diaryl/α,β-unsaturated/α-hetero) is 1. The van der Waals surface area contributed by atoms with Crippen LogP contribution in [-0.2, 0) is 4.79 Å². The molecule has 0 aliphatic rings. The molecule has 0 saturated heterocycles. The molecule has 1 aromatic heterocycles. The summed E-state index contributed by atoms with van der Waals surface area (Å²) >= 11 is 0. The first-order valence-corrected chi connectivity index (χ1v) is 5.65. The van der Waals surface area contributed by atoms with Gasteiger partial charge in [-0.3, -0.25) is 4.79 Å². The van der Waals surface area contributed by atoms with Gasteiger partial charge < -0.3 is 9.15 Å². The van der Waals surface area contributed by atoms with E-state index >= 15 is 0 Å². The molecule has 4 heteroatoms. The fraction of sp³-hybridized carbons (Fsp3) is 0.286. The van der Waals surface area contributed by atoms with Crippen molar-refractivity contribution in [3.8, 4) is 5.75 Å². The minimum atomic E-state index is -0.383. The summed E-state index contributed by atoms with van der Waals surface area (Å²) in [6, 6.07) is 5.07. The van der Waals surface area contributed by atoms with Crippen molar-refractivity contribution in [3.63, 3.8) is 0 Å². The third-order valence-electron chi connectivity index (χ3n) is 2.75. The number of carbonyl (C=O) groups excluding carboxylic acids is 1. The van der Waals surface area contributed by atoms with Crippen LogP contribution in [0.5, 0.6) is 5.75 Å². The molecule has 0 fully saturated rings. The highest BCUT2D eigenvalue weighted by molar-refractivity contribution is 5.85. The SMILES string of the molecule is CC(=O)COc1ccc2c(C)cc(=O)oc2c1C. The molecular weight excluding hydrogens is 232 g/mol. The highest BCUT2D eigenvalue weighted by Gasteiger charge is 2.10. The lowest BCUT2D eigenvalue weighted by Crippen LogP contribution is -2.08. The number of hydrogen-bond donors (Lipinski definition) is 0. The summed E-state index contributed by atoms with van der Waals surface area (Å²) in [4.78, 5) is 22.3. The number of carbonyl (C=O) groups is 1. The molecule has 94 valence electrons. The smallest absolute Gasteiger partial charge is 0.336 e. The van der Waals surface area contributed by atoms with Crippen molar-refractivity contribution in [2.24, 2.45) is 0 Å². The number of benzene rings is 1. The molecule has 0 atom stereocenters. The van der Waals surface area contributed by atoms with E-state index in [1.54, 1.807) is 13.0 Å². The van der Waals surface area contributed by atoms with Crippen LogP contribution in [0, 0.1) is 13.8 Å². The van der Waals surface area contributed by atoms with E-state index in [1.165, 1.54) is 13.0 Å². The van der Waals surface area contributed by atoms with E-state index in [1.807, 2.05) is 13.0 Å². The Morgan fingerprint density at radius 1 is 1.33 bits per heavy atom. The molecule has 0 spiro atoms. The van der Waals surface area contributed by atoms with E-state index in [4.69, 9.17) is 9.15 Å². The quantitative estimate of drug-likeness (QED) is 0.780. The minimum Gasteiger partial charge on any atom is -0.485 e. The zero-order valence-corrected chi connectivity index (χ0v) is 10.6. The summed E-state index contributed by atoms with van der Waals surface area (Å²) in [6.07, 6.45) is 0. The van der Waals surface area contributed by atoms with Crippen molar-refractivity contribution in [3.05, 3.63) is 39.7 Å². The van der Waals surface area contributed by atoms with E-state index in [9.17, 15) is 9.59 Å². The van der Waals surface area contributed by atoms with Crippen LogP contribution in [0.1, 0.15) is 18.1 Å². The Balaban J connectivity index is 2.56. The molecule has 0 unspecified atom stereocenters. The molecule has 0 saturated carbocycles. The molecule has 2 rings (SSSR count). The maximum Gasteiger partial charge on any atom is 0.336 e. The maximum atomic E-state index is 11.4. The number of aryl methyl sites for hydroxylation is 2. The predicted molar refractivity (Wildman–Crippen MR) is 68.1 cm³/mol. The van der Waals surface area contributed by atoms with Gasteiger partial charge in [0.25, 0.3) is 0 Å². The molecule has 0 aliphatic heterocycles. The molecule has 2 aromatic rings. The Morgan fingerprint density at radius 2 is 2.06 bits per heavy atom. The van der Waals surface area contributed by atoms with Gasteiger partial charge in [-0.25, -0.2) is 4.79 Å². The summed E-state index contributed by atoms with van der Waals surface area (Å²) < 4.78 is 10.6. The van der Waals surface area contributed by atoms with Crippen molar-refractivity contribution in [2.75, 3.05) is 6.61 Å². The highest BCUT2D eigenvalue weighted by Crippen LogP contribution is 2.27. The highest BCUT2D eigenvalue weighted by atomic mass is 16.5. The van der Waals surface area contributed by atoms with Gasteiger partial charge in [0.2, 0.25) is 0 Å². The lowest BCUT2D eigenvalue weighted by Gasteiger charge is -2.10. The summed E-state index contributed by atoms with van der Waals surface area (Å²) in [6.45, 7) is 5.14. The summed E-state index contributed by atoms with van der Waals surface area (Å²) in [5.74, 6) is 0.506. The van der Waals surface area contributed by atoms with Gasteiger partial charge in [0.05, 0.1) is 0 Å². The molecule has 0 N–H and O–H groups in total. The van der Waals surface area contributed by atoms with E-state index in [-0.39, 0.29) is 18.0 Å². The molecule has 0 aliphatic carbocycles. The second-order valence-corrected chi connectivity index (χ2v) is 4.30. The second kappa shape index (κ2) is 4.64. The van der Waals surface area contributed by atoms with Crippen LogP contribution in [0.4, 0.5) is 0 Å². The standard InChI is InChI=1S/C14H14O4/c1-8-6-13(16)18-14-10(3)12(5-4-11(8)14)17-7-9(2)15/h4-6H,7H2,1-3H3. The molecular formula is C14H14O4. The van der Waals surface area contributed by atoms with Crippen LogP contribution in [0.15, 0.2) is 27.4 Å².